The van der Waals surface area contributed by atoms with Crippen molar-refractivity contribution in [1.82, 2.24) is 9.80 Å². The number of hydrogen-bond acceptors (Lipinski definition) is 3. The van der Waals surface area contributed by atoms with E-state index in [1.165, 1.54) is 5.56 Å². The van der Waals surface area contributed by atoms with Gasteiger partial charge in [-0.3, -0.25) is 4.79 Å². The Hall–Kier alpha value is -1.55. The smallest absolute Gasteiger partial charge is 0.257 e. The van der Waals surface area contributed by atoms with Gasteiger partial charge < -0.3 is 14.5 Å². The summed E-state index contributed by atoms with van der Waals surface area (Å²) in [5, 5.41) is 0. The van der Waals surface area contributed by atoms with E-state index in [1.54, 1.807) is 7.11 Å². The molecule has 1 heterocycles. The molecule has 21 heavy (non-hydrogen) atoms. The first-order valence-corrected chi connectivity index (χ1v) is 7.76. The number of carbonyl (C=O) groups excluding carboxylic acids is 1. The van der Waals surface area contributed by atoms with Gasteiger partial charge in [0, 0.05) is 26.2 Å². The first-order chi connectivity index (χ1) is 10.1. The summed E-state index contributed by atoms with van der Waals surface area (Å²) < 4.78 is 5.43. The Morgan fingerprint density at radius 3 is 2.43 bits per heavy atom. The molecule has 1 amide bonds. The minimum atomic E-state index is 0.0814. The molecule has 0 atom stereocenters. The van der Waals surface area contributed by atoms with Gasteiger partial charge in [0.2, 0.25) is 0 Å². The summed E-state index contributed by atoms with van der Waals surface area (Å²) in [5.74, 6) is 1.19. The van der Waals surface area contributed by atoms with E-state index in [2.05, 4.69) is 25.7 Å². The van der Waals surface area contributed by atoms with Gasteiger partial charge in [-0.15, -0.1) is 0 Å². The molecule has 1 fully saturated rings. The molecule has 1 aromatic rings. The third-order valence-electron chi connectivity index (χ3n) is 4.23. The van der Waals surface area contributed by atoms with Crippen molar-refractivity contribution < 1.29 is 9.53 Å². The lowest BCUT2D eigenvalue weighted by molar-refractivity contribution is 0.0640. The molecular weight excluding hydrogens is 264 g/mol. The van der Waals surface area contributed by atoms with Crippen molar-refractivity contribution in [1.29, 1.82) is 0 Å². The van der Waals surface area contributed by atoms with Crippen LogP contribution in [0.15, 0.2) is 18.2 Å². The minimum Gasteiger partial charge on any atom is -0.496 e. The van der Waals surface area contributed by atoms with Crippen LogP contribution in [0.3, 0.4) is 0 Å². The molecule has 1 aliphatic heterocycles. The van der Waals surface area contributed by atoms with Gasteiger partial charge in [0.1, 0.15) is 5.75 Å². The summed E-state index contributed by atoms with van der Waals surface area (Å²) in [6.07, 6.45) is 0. The van der Waals surface area contributed by atoms with E-state index < -0.39 is 0 Å². The van der Waals surface area contributed by atoms with E-state index in [-0.39, 0.29) is 5.91 Å². The van der Waals surface area contributed by atoms with Crippen molar-refractivity contribution in [2.45, 2.75) is 26.7 Å². The lowest BCUT2D eigenvalue weighted by Crippen LogP contribution is -2.48. The van der Waals surface area contributed by atoms with E-state index in [0.29, 0.717) is 17.2 Å². The fourth-order valence-electron chi connectivity index (χ4n) is 2.68. The largest absolute Gasteiger partial charge is 0.496 e. The van der Waals surface area contributed by atoms with E-state index in [0.717, 1.165) is 32.7 Å². The average Bonchev–Trinajstić information content (AvgIpc) is 2.53. The molecule has 0 bridgehead atoms. The molecule has 1 aliphatic rings. The van der Waals surface area contributed by atoms with Crippen LogP contribution in [0.25, 0.3) is 0 Å². The second kappa shape index (κ2) is 6.94. The van der Waals surface area contributed by atoms with E-state index >= 15 is 0 Å². The van der Waals surface area contributed by atoms with Crippen LogP contribution in [0.5, 0.6) is 5.75 Å². The molecule has 0 N–H and O–H groups in total. The molecule has 0 aromatic heterocycles. The summed E-state index contributed by atoms with van der Waals surface area (Å²) in [4.78, 5) is 17.0. The number of ether oxygens (including phenoxy) is 1. The van der Waals surface area contributed by atoms with Gasteiger partial charge in [-0.2, -0.15) is 0 Å². The van der Waals surface area contributed by atoms with E-state index in [4.69, 9.17) is 4.74 Å². The minimum absolute atomic E-state index is 0.0814. The Bertz CT molecular complexity index is 492. The zero-order valence-corrected chi connectivity index (χ0v) is 13.6. The number of methoxy groups -OCH3 is 1. The Morgan fingerprint density at radius 2 is 1.90 bits per heavy atom. The molecule has 4 nitrogen and oxygen atoms in total. The molecule has 0 radical (unpaired) electrons. The maximum absolute atomic E-state index is 12.7. The van der Waals surface area contributed by atoms with Crippen LogP contribution >= 0.6 is 0 Å². The van der Waals surface area contributed by atoms with Gasteiger partial charge in [-0.1, -0.05) is 26.8 Å². The van der Waals surface area contributed by atoms with Crippen LogP contribution < -0.4 is 4.74 Å². The van der Waals surface area contributed by atoms with Crippen LogP contribution in [-0.4, -0.2) is 55.5 Å². The van der Waals surface area contributed by atoms with E-state index in [1.807, 2.05) is 23.1 Å². The summed E-state index contributed by atoms with van der Waals surface area (Å²) in [6.45, 7) is 11.0. The molecule has 2 rings (SSSR count). The molecule has 1 aromatic carbocycles. The van der Waals surface area contributed by atoms with Gasteiger partial charge in [0.15, 0.2) is 0 Å². The molecule has 1 saturated heterocycles. The van der Waals surface area contributed by atoms with Crippen molar-refractivity contribution in [3.05, 3.63) is 29.3 Å². The summed E-state index contributed by atoms with van der Waals surface area (Å²) in [5.41, 5.74) is 1.87. The number of piperazine rings is 1. The highest BCUT2D eigenvalue weighted by molar-refractivity contribution is 5.97. The lowest BCUT2D eigenvalue weighted by Gasteiger charge is -2.34. The van der Waals surface area contributed by atoms with Crippen molar-refractivity contribution >= 4 is 5.91 Å². The number of amides is 1. The first-order valence-electron chi connectivity index (χ1n) is 7.76. The molecule has 0 saturated carbocycles. The predicted octanol–water partition coefficient (Wildman–Crippen LogP) is 2.60. The summed E-state index contributed by atoms with van der Waals surface area (Å²) in [6, 6.07) is 5.92. The van der Waals surface area contributed by atoms with Crippen LogP contribution in [0.4, 0.5) is 0 Å². The highest BCUT2D eigenvalue weighted by Crippen LogP contribution is 2.26. The van der Waals surface area contributed by atoms with Crippen molar-refractivity contribution in [2.75, 3.05) is 39.8 Å². The molecule has 0 spiro atoms. The zero-order chi connectivity index (χ0) is 15.4. The Kier molecular flexibility index (Phi) is 5.23. The third-order valence-corrected chi connectivity index (χ3v) is 4.23. The third kappa shape index (κ3) is 3.56. The van der Waals surface area contributed by atoms with Crippen molar-refractivity contribution in [3.8, 4) is 5.75 Å². The fourth-order valence-corrected chi connectivity index (χ4v) is 2.68. The normalized spacial score (nSPS) is 16.3. The van der Waals surface area contributed by atoms with Crippen LogP contribution in [-0.2, 0) is 0 Å². The number of benzene rings is 1. The highest BCUT2D eigenvalue weighted by Gasteiger charge is 2.23. The summed E-state index contributed by atoms with van der Waals surface area (Å²) >= 11 is 0. The molecule has 4 heteroatoms. The van der Waals surface area contributed by atoms with Gasteiger partial charge in [-0.05, 0) is 30.2 Å². The Morgan fingerprint density at radius 1 is 1.24 bits per heavy atom. The fraction of sp³-hybridized carbons (Fsp3) is 0.588. The van der Waals surface area contributed by atoms with Gasteiger partial charge >= 0.3 is 0 Å². The second-order valence-electron chi connectivity index (χ2n) is 5.84. The first kappa shape index (κ1) is 15.8. The summed E-state index contributed by atoms with van der Waals surface area (Å²) in [7, 11) is 1.63. The molecular formula is C17H26N2O2. The molecule has 0 aliphatic carbocycles. The van der Waals surface area contributed by atoms with Gasteiger partial charge in [0.25, 0.3) is 5.91 Å². The highest BCUT2D eigenvalue weighted by atomic mass is 16.5. The number of rotatable bonds is 4. The number of carbonyl (C=O) groups is 1. The Balaban J connectivity index is 2.15. The zero-order valence-electron chi connectivity index (χ0n) is 13.6. The van der Waals surface area contributed by atoms with Crippen LogP contribution in [0.2, 0.25) is 0 Å². The average molecular weight is 290 g/mol. The maximum Gasteiger partial charge on any atom is 0.257 e. The maximum atomic E-state index is 12.7. The van der Waals surface area contributed by atoms with Crippen LogP contribution in [0.1, 0.15) is 42.6 Å². The number of hydrogen-bond donors (Lipinski definition) is 0. The SMILES string of the molecule is CCN1CCN(C(=O)c2ccc(C(C)C)cc2OC)CC1. The van der Waals surface area contributed by atoms with Gasteiger partial charge in [0.05, 0.1) is 12.7 Å². The molecule has 0 unspecified atom stereocenters. The monoisotopic (exact) mass is 290 g/mol. The van der Waals surface area contributed by atoms with Crippen molar-refractivity contribution in [2.24, 2.45) is 0 Å². The second-order valence-corrected chi connectivity index (χ2v) is 5.84. The predicted molar refractivity (Wildman–Crippen MR) is 85.1 cm³/mol. The standard InChI is InChI=1S/C17H26N2O2/c1-5-18-8-10-19(11-9-18)17(20)15-7-6-14(13(2)3)12-16(15)21-4/h6-7,12-13H,5,8-11H2,1-4H3. The topological polar surface area (TPSA) is 32.8 Å². The number of nitrogens with zero attached hydrogens (tertiary/aromatic N) is 2. The molecule has 116 valence electrons. The van der Waals surface area contributed by atoms with Crippen LogP contribution in [0, 0.1) is 0 Å². The lowest BCUT2D eigenvalue weighted by atomic mass is 10.0. The quantitative estimate of drug-likeness (QED) is 0.854. The number of likely N-dealkylation sites (N-methyl/N-ethyl adjacent to an activating group) is 1. The van der Waals surface area contributed by atoms with Gasteiger partial charge in [-0.25, -0.2) is 0 Å². The van der Waals surface area contributed by atoms with Crippen molar-refractivity contribution in [3.63, 3.8) is 0 Å². The Labute approximate surface area is 127 Å². The van der Waals surface area contributed by atoms with E-state index in [9.17, 15) is 4.79 Å².